The molecule has 0 spiro atoms. The van der Waals surface area contributed by atoms with Crippen LogP contribution < -0.4 is 5.32 Å². The summed E-state index contributed by atoms with van der Waals surface area (Å²) in [7, 11) is 0. The van der Waals surface area contributed by atoms with E-state index in [0.29, 0.717) is 29.2 Å². The van der Waals surface area contributed by atoms with E-state index in [1.807, 2.05) is 4.90 Å². The van der Waals surface area contributed by atoms with Crippen LogP contribution in [0.2, 0.25) is 0 Å². The van der Waals surface area contributed by atoms with Gasteiger partial charge in [-0.2, -0.15) is 4.39 Å². The molecule has 2 aromatic rings. The van der Waals surface area contributed by atoms with Crippen molar-refractivity contribution >= 4 is 17.5 Å². The Morgan fingerprint density at radius 2 is 2.10 bits per heavy atom. The van der Waals surface area contributed by atoms with Crippen molar-refractivity contribution in [2.45, 2.75) is 31.7 Å². The summed E-state index contributed by atoms with van der Waals surface area (Å²) in [6.07, 6.45) is 6.58. The molecule has 2 amide bonds. The first-order valence-electron chi connectivity index (χ1n) is 10.4. The zero-order chi connectivity index (χ0) is 21.5. The number of allylic oxidation sites excluding steroid dienone is 1. The van der Waals surface area contributed by atoms with Crippen LogP contribution in [-0.4, -0.2) is 50.7 Å². The number of carbonyl (C=O) groups is 2. The van der Waals surface area contributed by atoms with E-state index in [1.165, 1.54) is 12.4 Å². The highest BCUT2D eigenvalue weighted by Gasteiger charge is 2.45. The van der Waals surface area contributed by atoms with Crippen LogP contribution in [0.5, 0.6) is 0 Å². The number of hydrogen-bond acceptors (Lipinski definition) is 5. The molecule has 4 heterocycles. The lowest BCUT2D eigenvalue weighted by atomic mass is 10.0. The minimum Gasteiger partial charge on any atom is -0.357 e. The summed E-state index contributed by atoms with van der Waals surface area (Å²) in [5.74, 6) is -0.859. The van der Waals surface area contributed by atoms with Crippen molar-refractivity contribution in [3.05, 3.63) is 66.2 Å². The fraction of sp³-hybridized carbons (Fsp3) is 0.304. The highest BCUT2D eigenvalue weighted by Crippen LogP contribution is 2.42. The van der Waals surface area contributed by atoms with Gasteiger partial charge < -0.3 is 15.1 Å². The zero-order valence-corrected chi connectivity index (χ0v) is 17.0. The Balaban J connectivity index is 1.27. The fourth-order valence-electron chi connectivity index (χ4n) is 4.25. The summed E-state index contributed by atoms with van der Waals surface area (Å²) in [4.78, 5) is 37.2. The summed E-state index contributed by atoms with van der Waals surface area (Å²) < 4.78 is 13.8. The summed E-state index contributed by atoms with van der Waals surface area (Å²) in [5, 5.41) is 2.81. The summed E-state index contributed by atoms with van der Waals surface area (Å²) >= 11 is 0. The van der Waals surface area contributed by atoms with Gasteiger partial charge in [-0.15, -0.1) is 0 Å². The van der Waals surface area contributed by atoms with Crippen molar-refractivity contribution in [1.82, 2.24) is 19.8 Å². The second-order valence-electron chi connectivity index (χ2n) is 8.03. The molecular formula is C23H22FN5O2. The third kappa shape index (κ3) is 3.58. The smallest absolute Gasteiger partial charge is 0.275 e. The molecule has 0 saturated heterocycles. The number of hydrogen-bond donors (Lipinski definition) is 1. The Bertz CT molecular complexity index is 1110. The van der Waals surface area contributed by atoms with Gasteiger partial charge in [-0.3, -0.25) is 14.6 Å². The Labute approximate surface area is 179 Å². The number of halogens is 1. The molecule has 0 aromatic carbocycles. The molecule has 8 heteroatoms. The van der Waals surface area contributed by atoms with E-state index in [9.17, 15) is 14.0 Å². The third-order valence-corrected chi connectivity index (χ3v) is 5.85. The molecule has 1 N–H and O–H groups in total. The van der Waals surface area contributed by atoms with Crippen molar-refractivity contribution in [2.24, 2.45) is 0 Å². The first-order valence-corrected chi connectivity index (χ1v) is 10.4. The van der Waals surface area contributed by atoms with Crippen LogP contribution in [-0.2, 0) is 9.59 Å². The number of pyridine rings is 2. The molecule has 5 rings (SSSR count). The molecule has 0 radical (unpaired) electrons. The van der Waals surface area contributed by atoms with Gasteiger partial charge in [-0.05, 0) is 49.9 Å². The van der Waals surface area contributed by atoms with Crippen LogP contribution in [0.15, 0.2) is 60.2 Å². The lowest BCUT2D eigenvalue weighted by molar-refractivity contribution is -0.126. The summed E-state index contributed by atoms with van der Waals surface area (Å²) in [6.45, 7) is 4.87. The predicted molar refractivity (Wildman–Crippen MR) is 113 cm³/mol. The number of anilines is 1. The van der Waals surface area contributed by atoms with Crippen molar-refractivity contribution in [2.75, 3.05) is 18.4 Å². The molecule has 158 valence electrons. The Morgan fingerprint density at radius 1 is 1.26 bits per heavy atom. The van der Waals surface area contributed by atoms with Gasteiger partial charge in [0.1, 0.15) is 5.70 Å². The molecule has 7 nitrogen and oxygen atoms in total. The highest BCUT2D eigenvalue weighted by atomic mass is 19.1. The molecule has 1 fully saturated rings. The highest BCUT2D eigenvalue weighted by molar-refractivity contribution is 6.01. The first-order chi connectivity index (χ1) is 15.0. The SMILES string of the molecule is C=C1C2=C(C(=O)N1C1CC1)N(CC(=O)Nc1ccc(-c3cccnc3F)nc1)CCC2. The summed E-state index contributed by atoms with van der Waals surface area (Å²) in [5.41, 5.74) is 3.64. The predicted octanol–water partition coefficient (Wildman–Crippen LogP) is 3.09. The van der Waals surface area contributed by atoms with Crippen molar-refractivity contribution in [1.29, 1.82) is 0 Å². The normalized spacial score (nSPS) is 18.5. The van der Waals surface area contributed by atoms with E-state index < -0.39 is 5.95 Å². The minimum absolute atomic E-state index is 0.0282. The van der Waals surface area contributed by atoms with Crippen LogP contribution in [0.4, 0.5) is 10.1 Å². The largest absolute Gasteiger partial charge is 0.357 e. The van der Waals surface area contributed by atoms with Gasteiger partial charge in [0, 0.05) is 30.1 Å². The standard InChI is InChI=1S/C23H22FN5O2/c1-14-17-5-3-11-28(21(17)23(31)29(14)16-7-8-16)13-20(30)27-15-6-9-19(26-12-15)18-4-2-10-25-22(18)24/h2,4,6,9-10,12,16H,1,3,5,7-8,11,13H2,(H,27,30). The van der Waals surface area contributed by atoms with Crippen LogP contribution >= 0.6 is 0 Å². The summed E-state index contributed by atoms with van der Waals surface area (Å²) in [6, 6.07) is 6.80. The van der Waals surface area contributed by atoms with E-state index in [1.54, 1.807) is 29.2 Å². The van der Waals surface area contributed by atoms with Crippen molar-refractivity contribution in [3.63, 3.8) is 0 Å². The van der Waals surface area contributed by atoms with Crippen LogP contribution in [0.3, 0.4) is 0 Å². The van der Waals surface area contributed by atoms with Gasteiger partial charge in [0.15, 0.2) is 0 Å². The number of nitrogens with one attached hydrogen (secondary N) is 1. The second kappa shape index (κ2) is 7.61. The fourth-order valence-corrected chi connectivity index (χ4v) is 4.25. The van der Waals surface area contributed by atoms with Gasteiger partial charge in [0.05, 0.1) is 29.7 Å². The molecule has 1 aliphatic carbocycles. The number of rotatable bonds is 5. The maximum absolute atomic E-state index is 13.8. The van der Waals surface area contributed by atoms with Crippen molar-refractivity contribution < 1.29 is 14.0 Å². The second-order valence-corrected chi connectivity index (χ2v) is 8.03. The van der Waals surface area contributed by atoms with Gasteiger partial charge in [-0.1, -0.05) is 6.58 Å². The van der Waals surface area contributed by atoms with E-state index in [4.69, 9.17) is 0 Å². The lowest BCUT2D eigenvalue weighted by Gasteiger charge is -2.28. The van der Waals surface area contributed by atoms with E-state index >= 15 is 0 Å². The Hall–Kier alpha value is -3.55. The molecule has 0 atom stereocenters. The Kier molecular flexibility index (Phi) is 4.77. The molecule has 31 heavy (non-hydrogen) atoms. The number of amides is 2. The quantitative estimate of drug-likeness (QED) is 0.754. The Morgan fingerprint density at radius 3 is 2.81 bits per heavy atom. The van der Waals surface area contributed by atoms with Gasteiger partial charge in [0.25, 0.3) is 5.91 Å². The molecule has 0 unspecified atom stereocenters. The maximum Gasteiger partial charge on any atom is 0.275 e. The molecule has 2 aromatic heterocycles. The van der Waals surface area contributed by atoms with Crippen LogP contribution in [0.1, 0.15) is 25.7 Å². The van der Waals surface area contributed by atoms with Gasteiger partial charge >= 0.3 is 0 Å². The number of carbonyl (C=O) groups excluding carboxylic acids is 2. The van der Waals surface area contributed by atoms with E-state index in [-0.39, 0.29) is 24.4 Å². The molecule has 2 aliphatic heterocycles. The van der Waals surface area contributed by atoms with Crippen LogP contribution in [0.25, 0.3) is 11.3 Å². The van der Waals surface area contributed by atoms with Crippen LogP contribution in [0, 0.1) is 5.95 Å². The topological polar surface area (TPSA) is 78.4 Å². The number of aromatic nitrogens is 2. The van der Waals surface area contributed by atoms with Gasteiger partial charge in [-0.25, -0.2) is 4.98 Å². The number of nitrogens with zero attached hydrogens (tertiary/aromatic N) is 4. The first kappa shape index (κ1) is 19.4. The lowest BCUT2D eigenvalue weighted by Crippen LogP contribution is -2.39. The van der Waals surface area contributed by atoms with E-state index in [0.717, 1.165) is 37.0 Å². The van der Waals surface area contributed by atoms with Crippen molar-refractivity contribution in [3.8, 4) is 11.3 Å². The maximum atomic E-state index is 13.8. The molecule has 1 saturated carbocycles. The minimum atomic E-state index is -0.593. The third-order valence-electron chi connectivity index (χ3n) is 5.85. The van der Waals surface area contributed by atoms with E-state index in [2.05, 4.69) is 21.9 Å². The molecule has 3 aliphatic rings. The average molecular weight is 419 g/mol. The molecule has 0 bridgehead atoms. The average Bonchev–Trinajstić information content (AvgIpc) is 3.56. The monoisotopic (exact) mass is 419 g/mol. The van der Waals surface area contributed by atoms with Gasteiger partial charge in [0.2, 0.25) is 11.9 Å². The zero-order valence-electron chi connectivity index (χ0n) is 17.0. The molecular weight excluding hydrogens is 397 g/mol.